The SMILES string of the molecule is O=C(NCc1cccc2cccnc12)NC1CCCC1. The predicted octanol–water partition coefficient (Wildman–Crippen LogP) is 2.98. The third kappa shape index (κ3) is 2.90. The number of carbonyl (C=O) groups excluding carboxylic acids is 1. The molecule has 0 atom stereocenters. The lowest BCUT2D eigenvalue weighted by atomic mass is 10.1. The van der Waals surface area contributed by atoms with Crippen LogP contribution in [0.1, 0.15) is 31.2 Å². The highest BCUT2D eigenvalue weighted by Gasteiger charge is 2.16. The zero-order valence-corrected chi connectivity index (χ0v) is 11.4. The second-order valence-electron chi connectivity index (χ2n) is 5.30. The Kier molecular flexibility index (Phi) is 3.81. The second-order valence-corrected chi connectivity index (χ2v) is 5.30. The Morgan fingerprint density at radius 3 is 2.85 bits per heavy atom. The molecule has 1 aromatic carbocycles. The van der Waals surface area contributed by atoms with Crippen LogP contribution in [0.5, 0.6) is 0 Å². The molecule has 1 aliphatic rings. The van der Waals surface area contributed by atoms with E-state index in [0.717, 1.165) is 29.3 Å². The van der Waals surface area contributed by atoms with Gasteiger partial charge in [0.2, 0.25) is 0 Å². The van der Waals surface area contributed by atoms with Gasteiger partial charge in [-0.05, 0) is 24.5 Å². The van der Waals surface area contributed by atoms with Crippen LogP contribution in [-0.2, 0) is 6.54 Å². The average Bonchev–Trinajstić information content (AvgIpc) is 2.98. The molecule has 2 aromatic rings. The van der Waals surface area contributed by atoms with Crippen LogP contribution in [0.15, 0.2) is 36.5 Å². The van der Waals surface area contributed by atoms with Gasteiger partial charge < -0.3 is 10.6 Å². The molecular formula is C16H19N3O. The second kappa shape index (κ2) is 5.90. The number of nitrogens with zero attached hydrogens (tertiary/aromatic N) is 1. The van der Waals surface area contributed by atoms with E-state index >= 15 is 0 Å². The standard InChI is InChI=1S/C16H19N3O/c20-16(19-14-8-1-2-9-14)18-11-13-6-3-5-12-7-4-10-17-15(12)13/h3-7,10,14H,1-2,8-9,11H2,(H2,18,19,20). The lowest BCUT2D eigenvalue weighted by molar-refractivity contribution is 0.237. The molecule has 0 unspecified atom stereocenters. The summed E-state index contributed by atoms with van der Waals surface area (Å²) in [5, 5.41) is 7.05. The van der Waals surface area contributed by atoms with Gasteiger partial charge in [0.25, 0.3) is 0 Å². The molecule has 1 aliphatic carbocycles. The minimum absolute atomic E-state index is 0.0789. The van der Waals surface area contributed by atoms with Gasteiger partial charge in [-0.1, -0.05) is 37.1 Å². The molecule has 4 heteroatoms. The van der Waals surface area contributed by atoms with Gasteiger partial charge in [-0.2, -0.15) is 0 Å². The quantitative estimate of drug-likeness (QED) is 0.900. The molecule has 0 spiro atoms. The number of carbonyl (C=O) groups is 1. The van der Waals surface area contributed by atoms with Gasteiger partial charge in [-0.3, -0.25) is 4.98 Å². The molecule has 20 heavy (non-hydrogen) atoms. The molecule has 3 rings (SSSR count). The number of benzene rings is 1. The van der Waals surface area contributed by atoms with E-state index < -0.39 is 0 Å². The summed E-state index contributed by atoms with van der Waals surface area (Å²) in [4.78, 5) is 16.3. The van der Waals surface area contributed by atoms with Crippen LogP contribution in [0.2, 0.25) is 0 Å². The summed E-state index contributed by atoms with van der Waals surface area (Å²) in [5.74, 6) is 0. The first-order valence-electron chi connectivity index (χ1n) is 7.20. The maximum atomic E-state index is 11.9. The number of nitrogens with one attached hydrogen (secondary N) is 2. The molecule has 0 aliphatic heterocycles. The fourth-order valence-corrected chi connectivity index (χ4v) is 2.79. The van der Waals surface area contributed by atoms with Gasteiger partial charge in [-0.25, -0.2) is 4.79 Å². The minimum atomic E-state index is -0.0789. The van der Waals surface area contributed by atoms with E-state index in [4.69, 9.17) is 0 Å². The monoisotopic (exact) mass is 269 g/mol. The van der Waals surface area contributed by atoms with Crippen LogP contribution in [0, 0.1) is 0 Å². The van der Waals surface area contributed by atoms with Crippen LogP contribution in [0.3, 0.4) is 0 Å². The van der Waals surface area contributed by atoms with Gasteiger partial charge in [0.05, 0.1) is 5.52 Å². The molecule has 1 heterocycles. The number of amides is 2. The topological polar surface area (TPSA) is 54.0 Å². The van der Waals surface area contributed by atoms with Crippen molar-refractivity contribution in [2.45, 2.75) is 38.3 Å². The number of rotatable bonds is 3. The van der Waals surface area contributed by atoms with Crippen molar-refractivity contribution in [3.63, 3.8) is 0 Å². The minimum Gasteiger partial charge on any atom is -0.335 e. The third-order valence-corrected chi connectivity index (χ3v) is 3.85. The van der Waals surface area contributed by atoms with Crippen molar-refractivity contribution in [2.75, 3.05) is 0 Å². The number of urea groups is 1. The molecule has 1 fully saturated rings. The number of pyridine rings is 1. The predicted molar refractivity (Wildman–Crippen MR) is 79.4 cm³/mol. The Bertz CT molecular complexity index is 600. The molecule has 2 amide bonds. The van der Waals surface area contributed by atoms with Crippen molar-refractivity contribution in [2.24, 2.45) is 0 Å². The van der Waals surface area contributed by atoms with Crippen LogP contribution in [0.25, 0.3) is 10.9 Å². The molecule has 104 valence electrons. The number of hydrogen-bond donors (Lipinski definition) is 2. The zero-order chi connectivity index (χ0) is 13.8. The Balaban J connectivity index is 1.63. The zero-order valence-electron chi connectivity index (χ0n) is 11.4. The van der Waals surface area contributed by atoms with E-state index in [9.17, 15) is 4.79 Å². The highest BCUT2D eigenvalue weighted by molar-refractivity contribution is 5.82. The summed E-state index contributed by atoms with van der Waals surface area (Å²) in [6, 6.07) is 10.3. The van der Waals surface area contributed by atoms with E-state index in [-0.39, 0.29) is 6.03 Å². The molecule has 4 nitrogen and oxygen atoms in total. The molecule has 0 radical (unpaired) electrons. The lowest BCUT2D eigenvalue weighted by Crippen LogP contribution is -2.40. The Hall–Kier alpha value is -2.10. The maximum absolute atomic E-state index is 11.9. The van der Waals surface area contributed by atoms with Crippen LogP contribution >= 0.6 is 0 Å². The van der Waals surface area contributed by atoms with Crippen molar-refractivity contribution in [3.8, 4) is 0 Å². The summed E-state index contributed by atoms with van der Waals surface area (Å²) < 4.78 is 0. The van der Waals surface area contributed by atoms with Crippen molar-refractivity contribution in [1.29, 1.82) is 0 Å². The number of hydrogen-bond acceptors (Lipinski definition) is 2. The Morgan fingerprint density at radius 2 is 2.00 bits per heavy atom. The third-order valence-electron chi connectivity index (χ3n) is 3.85. The first kappa shape index (κ1) is 12.9. The van der Waals surface area contributed by atoms with Crippen LogP contribution < -0.4 is 10.6 Å². The number of aromatic nitrogens is 1. The van der Waals surface area contributed by atoms with E-state index in [2.05, 4.69) is 15.6 Å². The van der Waals surface area contributed by atoms with Gasteiger partial charge in [-0.15, -0.1) is 0 Å². The fourth-order valence-electron chi connectivity index (χ4n) is 2.79. The first-order chi connectivity index (χ1) is 9.83. The summed E-state index contributed by atoms with van der Waals surface area (Å²) in [6.07, 6.45) is 6.42. The Labute approximate surface area is 118 Å². The van der Waals surface area contributed by atoms with Gasteiger partial charge in [0, 0.05) is 24.2 Å². The van der Waals surface area contributed by atoms with Gasteiger partial charge in [0.1, 0.15) is 0 Å². The van der Waals surface area contributed by atoms with Crippen molar-refractivity contribution < 1.29 is 4.79 Å². The molecule has 0 saturated heterocycles. The normalized spacial score (nSPS) is 15.4. The summed E-state index contributed by atoms with van der Waals surface area (Å²) in [5.41, 5.74) is 2.00. The molecule has 0 bridgehead atoms. The van der Waals surface area contributed by atoms with E-state index in [1.54, 1.807) is 6.20 Å². The molecule has 2 N–H and O–H groups in total. The van der Waals surface area contributed by atoms with Crippen molar-refractivity contribution >= 4 is 16.9 Å². The van der Waals surface area contributed by atoms with E-state index in [1.807, 2.05) is 30.3 Å². The summed E-state index contributed by atoms with van der Waals surface area (Å²) in [7, 11) is 0. The molecule has 1 aromatic heterocycles. The Morgan fingerprint density at radius 1 is 1.20 bits per heavy atom. The largest absolute Gasteiger partial charge is 0.335 e. The number of fused-ring (bicyclic) bond motifs is 1. The van der Waals surface area contributed by atoms with E-state index in [1.165, 1.54) is 12.8 Å². The summed E-state index contributed by atoms with van der Waals surface area (Å²) in [6.45, 7) is 0.507. The molecular weight excluding hydrogens is 250 g/mol. The molecule has 1 saturated carbocycles. The van der Waals surface area contributed by atoms with Gasteiger partial charge in [0.15, 0.2) is 0 Å². The van der Waals surface area contributed by atoms with Crippen molar-refractivity contribution in [3.05, 3.63) is 42.1 Å². The maximum Gasteiger partial charge on any atom is 0.315 e. The van der Waals surface area contributed by atoms with Crippen molar-refractivity contribution in [1.82, 2.24) is 15.6 Å². The fraction of sp³-hybridized carbons (Fsp3) is 0.375. The van der Waals surface area contributed by atoms with Crippen LogP contribution in [-0.4, -0.2) is 17.1 Å². The number of para-hydroxylation sites is 1. The highest BCUT2D eigenvalue weighted by atomic mass is 16.2. The lowest BCUT2D eigenvalue weighted by Gasteiger charge is -2.13. The average molecular weight is 269 g/mol. The van der Waals surface area contributed by atoms with Gasteiger partial charge >= 0.3 is 6.03 Å². The first-order valence-corrected chi connectivity index (χ1v) is 7.20. The highest BCUT2D eigenvalue weighted by Crippen LogP contribution is 2.18. The summed E-state index contributed by atoms with van der Waals surface area (Å²) >= 11 is 0. The van der Waals surface area contributed by atoms with Crippen LogP contribution in [0.4, 0.5) is 4.79 Å². The van der Waals surface area contributed by atoms with E-state index in [0.29, 0.717) is 12.6 Å². The smallest absolute Gasteiger partial charge is 0.315 e.